The van der Waals surface area contributed by atoms with Crippen LogP contribution >= 0.6 is 35.0 Å². The topological polar surface area (TPSA) is 76.7 Å². The highest BCUT2D eigenvalue weighted by molar-refractivity contribution is 7.99. The fraction of sp³-hybridized carbons (Fsp3) is 0.357. The minimum absolute atomic E-state index is 0.0948. The monoisotopic (exact) mass is 357 g/mol. The number of halogens is 2. The van der Waals surface area contributed by atoms with Crippen molar-refractivity contribution in [2.45, 2.75) is 29.6 Å². The van der Waals surface area contributed by atoms with Crippen LogP contribution in [0.3, 0.4) is 0 Å². The third kappa shape index (κ3) is 5.19. The first kappa shape index (κ1) is 17.1. The Bertz CT molecular complexity index is 638. The lowest BCUT2D eigenvalue weighted by atomic mass is 10.2. The molecule has 22 heavy (non-hydrogen) atoms. The number of alkyl halides is 2. The van der Waals surface area contributed by atoms with E-state index in [1.807, 2.05) is 6.92 Å². The fourth-order valence-electron chi connectivity index (χ4n) is 1.76. The maximum absolute atomic E-state index is 5.76. The Labute approximate surface area is 144 Å². The molecule has 0 amide bonds. The van der Waals surface area contributed by atoms with Gasteiger partial charge < -0.3 is 11.1 Å². The number of nitrogens with zero attached hydrogens (tertiary/aromatic N) is 3. The summed E-state index contributed by atoms with van der Waals surface area (Å²) in [7, 11) is 0. The van der Waals surface area contributed by atoms with Crippen LogP contribution < -0.4 is 11.1 Å². The predicted octanol–water partition coefficient (Wildman–Crippen LogP) is 3.83. The Balaban J connectivity index is 1.95. The number of nitrogens with two attached hydrogens (primary N) is 1. The summed E-state index contributed by atoms with van der Waals surface area (Å²) < 4.78 is 0. The van der Waals surface area contributed by atoms with Crippen molar-refractivity contribution in [3.63, 3.8) is 0 Å². The standard InChI is InChI=1S/C14H17Cl2N5S/c1-8-4-3-5-10(6-8)22-7-9(2)18-14-20-12(11(15)16)19-13(17)21-14/h3-6,9,11H,7H2,1-2H3,(H3,17,18,19,20,21). The number of nitrogen functional groups attached to an aromatic ring is 1. The zero-order valence-electron chi connectivity index (χ0n) is 12.3. The second kappa shape index (κ2) is 7.85. The number of nitrogens with one attached hydrogen (secondary N) is 1. The first-order chi connectivity index (χ1) is 10.4. The van der Waals surface area contributed by atoms with Gasteiger partial charge in [0.1, 0.15) is 0 Å². The van der Waals surface area contributed by atoms with Crippen LogP contribution in [0.25, 0.3) is 0 Å². The molecule has 0 aliphatic rings. The maximum atomic E-state index is 5.76. The van der Waals surface area contributed by atoms with E-state index >= 15 is 0 Å². The van der Waals surface area contributed by atoms with Crippen LogP contribution in [0, 0.1) is 6.92 Å². The van der Waals surface area contributed by atoms with E-state index in [4.69, 9.17) is 28.9 Å². The van der Waals surface area contributed by atoms with Crippen LogP contribution in [-0.4, -0.2) is 26.7 Å². The molecule has 0 saturated carbocycles. The quantitative estimate of drug-likeness (QED) is 0.604. The molecule has 3 N–H and O–H groups in total. The van der Waals surface area contributed by atoms with Crippen molar-refractivity contribution in [3.8, 4) is 0 Å². The van der Waals surface area contributed by atoms with Gasteiger partial charge in [0.2, 0.25) is 11.9 Å². The molecule has 8 heteroatoms. The molecule has 0 spiro atoms. The molecule has 1 aromatic carbocycles. The highest BCUT2D eigenvalue weighted by atomic mass is 35.5. The molecule has 0 fully saturated rings. The summed E-state index contributed by atoms with van der Waals surface area (Å²) in [4.78, 5) is 12.5. The molecule has 0 aliphatic heterocycles. The van der Waals surface area contributed by atoms with Crippen LogP contribution in [0.4, 0.5) is 11.9 Å². The molecule has 118 valence electrons. The molecule has 5 nitrogen and oxygen atoms in total. The fourth-order valence-corrected chi connectivity index (χ4v) is 2.92. The summed E-state index contributed by atoms with van der Waals surface area (Å²) in [6.45, 7) is 4.12. The molecule has 1 unspecified atom stereocenters. The van der Waals surface area contributed by atoms with E-state index in [0.29, 0.717) is 5.95 Å². The number of rotatable bonds is 6. The normalized spacial score (nSPS) is 12.4. The molecule has 2 rings (SSSR count). The van der Waals surface area contributed by atoms with Gasteiger partial charge in [-0.2, -0.15) is 15.0 Å². The minimum Gasteiger partial charge on any atom is -0.368 e. The van der Waals surface area contributed by atoms with E-state index in [2.05, 4.69) is 51.5 Å². The van der Waals surface area contributed by atoms with Crippen molar-refractivity contribution in [1.29, 1.82) is 0 Å². The first-order valence-corrected chi connectivity index (χ1v) is 8.55. The van der Waals surface area contributed by atoms with Crippen LogP contribution in [0.15, 0.2) is 29.2 Å². The Morgan fingerprint density at radius 3 is 2.73 bits per heavy atom. The largest absolute Gasteiger partial charge is 0.368 e. The van der Waals surface area contributed by atoms with Crippen LogP contribution in [0.5, 0.6) is 0 Å². The second-order valence-electron chi connectivity index (χ2n) is 4.85. The Morgan fingerprint density at radius 1 is 1.27 bits per heavy atom. The summed E-state index contributed by atoms with van der Waals surface area (Å²) in [5, 5.41) is 3.18. The second-order valence-corrected chi connectivity index (χ2v) is 7.04. The summed E-state index contributed by atoms with van der Waals surface area (Å²) in [6.07, 6.45) is 0. The number of hydrogen-bond donors (Lipinski definition) is 2. The van der Waals surface area contributed by atoms with Gasteiger partial charge >= 0.3 is 0 Å². The van der Waals surface area contributed by atoms with Gasteiger partial charge in [-0.1, -0.05) is 40.9 Å². The summed E-state index contributed by atoms with van der Waals surface area (Å²) in [6, 6.07) is 8.52. The zero-order chi connectivity index (χ0) is 16.1. The van der Waals surface area contributed by atoms with Crippen LogP contribution in [-0.2, 0) is 0 Å². The van der Waals surface area contributed by atoms with E-state index < -0.39 is 4.84 Å². The van der Waals surface area contributed by atoms with Crippen LogP contribution in [0.1, 0.15) is 23.1 Å². The van der Waals surface area contributed by atoms with Crippen molar-refractivity contribution >= 4 is 46.9 Å². The zero-order valence-corrected chi connectivity index (χ0v) is 14.6. The highest BCUT2D eigenvalue weighted by Gasteiger charge is 2.12. The summed E-state index contributed by atoms with van der Waals surface area (Å²) in [5.74, 6) is 1.58. The predicted molar refractivity (Wildman–Crippen MR) is 93.7 cm³/mol. The van der Waals surface area contributed by atoms with Gasteiger partial charge in [-0.3, -0.25) is 0 Å². The first-order valence-electron chi connectivity index (χ1n) is 6.69. The van der Waals surface area contributed by atoms with E-state index in [1.54, 1.807) is 11.8 Å². The number of anilines is 2. The molecular weight excluding hydrogens is 341 g/mol. The van der Waals surface area contributed by atoms with Crippen molar-refractivity contribution in [3.05, 3.63) is 35.7 Å². The SMILES string of the molecule is Cc1cccc(SCC(C)Nc2nc(N)nc(C(Cl)Cl)n2)c1. The Morgan fingerprint density at radius 2 is 2.05 bits per heavy atom. The Hall–Kier alpha value is -1.24. The third-order valence-corrected chi connectivity index (χ3v) is 4.37. The van der Waals surface area contributed by atoms with Gasteiger partial charge in [0.15, 0.2) is 10.7 Å². The van der Waals surface area contributed by atoms with E-state index in [-0.39, 0.29) is 17.8 Å². The van der Waals surface area contributed by atoms with E-state index in [1.165, 1.54) is 10.5 Å². The molecule has 0 radical (unpaired) electrons. The summed E-state index contributed by atoms with van der Waals surface area (Å²) in [5.41, 5.74) is 6.88. The van der Waals surface area contributed by atoms with Crippen molar-refractivity contribution < 1.29 is 0 Å². The highest BCUT2D eigenvalue weighted by Crippen LogP contribution is 2.23. The molecule has 1 heterocycles. The van der Waals surface area contributed by atoms with Crippen LogP contribution in [0.2, 0.25) is 0 Å². The average Bonchev–Trinajstić information content (AvgIpc) is 2.44. The molecule has 0 aliphatic carbocycles. The van der Waals surface area contributed by atoms with Gasteiger partial charge in [-0.25, -0.2) is 0 Å². The van der Waals surface area contributed by atoms with E-state index in [0.717, 1.165) is 5.75 Å². The van der Waals surface area contributed by atoms with Gasteiger partial charge in [-0.05, 0) is 26.0 Å². The number of thioether (sulfide) groups is 1. The third-order valence-electron chi connectivity index (χ3n) is 2.73. The number of aryl methyl sites for hydroxylation is 1. The number of hydrogen-bond acceptors (Lipinski definition) is 6. The lowest BCUT2D eigenvalue weighted by Gasteiger charge is -2.14. The van der Waals surface area contributed by atoms with Gasteiger partial charge in [0, 0.05) is 16.7 Å². The summed E-state index contributed by atoms with van der Waals surface area (Å²) >= 11 is 13.3. The number of aromatic nitrogens is 3. The molecule has 0 bridgehead atoms. The average molecular weight is 358 g/mol. The van der Waals surface area contributed by atoms with Crippen molar-refractivity contribution in [2.24, 2.45) is 0 Å². The van der Waals surface area contributed by atoms with Gasteiger partial charge in [0.25, 0.3) is 0 Å². The molecule has 1 atom stereocenters. The van der Waals surface area contributed by atoms with Gasteiger partial charge in [0.05, 0.1) is 0 Å². The maximum Gasteiger partial charge on any atom is 0.228 e. The van der Waals surface area contributed by atoms with Gasteiger partial charge in [-0.15, -0.1) is 11.8 Å². The molecule has 0 saturated heterocycles. The molecular formula is C14H17Cl2N5S. The molecule has 2 aromatic rings. The van der Waals surface area contributed by atoms with Crippen molar-refractivity contribution in [2.75, 3.05) is 16.8 Å². The van der Waals surface area contributed by atoms with Crippen molar-refractivity contribution in [1.82, 2.24) is 15.0 Å². The smallest absolute Gasteiger partial charge is 0.228 e. The molecule has 1 aromatic heterocycles. The lowest BCUT2D eigenvalue weighted by Crippen LogP contribution is -2.21. The lowest BCUT2D eigenvalue weighted by molar-refractivity contribution is 0.864. The van der Waals surface area contributed by atoms with E-state index in [9.17, 15) is 0 Å². The minimum atomic E-state index is -0.831. The number of benzene rings is 1. The Kier molecular flexibility index (Phi) is 6.11.